The fourth-order valence-electron chi connectivity index (χ4n) is 3.45. The van der Waals surface area contributed by atoms with Crippen LogP contribution in [0, 0.1) is 5.92 Å². The summed E-state index contributed by atoms with van der Waals surface area (Å²) in [5.74, 6) is 0.483. The lowest BCUT2D eigenvalue weighted by molar-refractivity contribution is 0.0599. The Balaban J connectivity index is 2.58. The standard InChI is InChI=1S/C18H26O4S/c1-5-13-10-15(14-8-6-12(2)7-9-14)17(23(4,20)21)11-16(13)18(19)22-3/h10-12,14H,5-9H2,1-4H3. The molecule has 1 saturated carbocycles. The largest absolute Gasteiger partial charge is 0.465 e. The van der Waals surface area contributed by atoms with Crippen LogP contribution in [0.5, 0.6) is 0 Å². The molecule has 128 valence electrons. The first-order chi connectivity index (χ1) is 10.8. The highest BCUT2D eigenvalue weighted by Crippen LogP contribution is 2.39. The van der Waals surface area contributed by atoms with Crippen LogP contribution in [-0.4, -0.2) is 27.8 Å². The molecule has 0 heterocycles. The molecule has 0 unspecified atom stereocenters. The fraction of sp³-hybridized carbons (Fsp3) is 0.611. The lowest BCUT2D eigenvalue weighted by atomic mass is 9.78. The van der Waals surface area contributed by atoms with Crippen molar-refractivity contribution in [1.29, 1.82) is 0 Å². The smallest absolute Gasteiger partial charge is 0.338 e. The Morgan fingerprint density at radius 3 is 2.30 bits per heavy atom. The molecule has 23 heavy (non-hydrogen) atoms. The third-order valence-electron chi connectivity index (χ3n) is 4.88. The molecule has 1 aliphatic carbocycles. The van der Waals surface area contributed by atoms with E-state index in [1.165, 1.54) is 19.4 Å². The lowest BCUT2D eigenvalue weighted by Gasteiger charge is -2.28. The molecule has 0 bridgehead atoms. The van der Waals surface area contributed by atoms with Gasteiger partial charge in [0.25, 0.3) is 0 Å². The van der Waals surface area contributed by atoms with Gasteiger partial charge < -0.3 is 4.74 Å². The Labute approximate surface area is 139 Å². The van der Waals surface area contributed by atoms with Gasteiger partial charge in [0.2, 0.25) is 0 Å². The summed E-state index contributed by atoms with van der Waals surface area (Å²) in [6.07, 6.45) is 6.13. The number of sulfone groups is 1. The van der Waals surface area contributed by atoms with Gasteiger partial charge in [-0.05, 0) is 48.3 Å². The van der Waals surface area contributed by atoms with Gasteiger partial charge in [-0.15, -0.1) is 0 Å². The number of carbonyl (C=O) groups excluding carboxylic acids is 1. The molecule has 1 aliphatic rings. The zero-order valence-electron chi connectivity index (χ0n) is 14.4. The van der Waals surface area contributed by atoms with Crippen molar-refractivity contribution in [2.75, 3.05) is 13.4 Å². The van der Waals surface area contributed by atoms with Gasteiger partial charge in [-0.2, -0.15) is 0 Å². The van der Waals surface area contributed by atoms with E-state index < -0.39 is 15.8 Å². The van der Waals surface area contributed by atoms with Gasteiger partial charge in [0.05, 0.1) is 17.6 Å². The van der Waals surface area contributed by atoms with E-state index >= 15 is 0 Å². The molecular weight excluding hydrogens is 312 g/mol. The molecule has 0 radical (unpaired) electrons. The predicted octanol–water partition coefficient (Wildman–Crippen LogP) is 3.73. The molecule has 0 saturated heterocycles. The van der Waals surface area contributed by atoms with Gasteiger partial charge in [-0.1, -0.05) is 32.8 Å². The number of carbonyl (C=O) groups is 1. The van der Waals surface area contributed by atoms with E-state index in [-0.39, 0.29) is 10.8 Å². The summed E-state index contributed by atoms with van der Waals surface area (Å²) >= 11 is 0. The van der Waals surface area contributed by atoms with Gasteiger partial charge in [0, 0.05) is 6.26 Å². The fourth-order valence-corrected chi connectivity index (χ4v) is 4.43. The van der Waals surface area contributed by atoms with Crippen molar-refractivity contribution in [3.05, 3.63) is 28.8 Å². The van der Waals surface area contributed by atoms with Gasteiger partial charge in [-0.25, -0.2) is 13.2 Å². The van der Waals surface area contributed by atoms with E-state index in [9.17, 15) is 13.2 Å². The summed E-state index contributed by atoms with van der Waals surface area (Å²) in [6, 6.07) is 3.44. The van der Waals surface area contributed by atoms with E-state index in [1.54, 1.807) is 0 Å². The van der Waals surface area contributed by atoms with E-state index in [0.717, 1.165) is 36.8 Å². The van der Waals surface area contributed by atoms with Gasteiger partial charge in [-0.3, -0.25) is 0 Å². The van der Waals surface area contributed by atoms with E-state index in [1.807, 2.05) is 13.0 Å². The first-order valence-corrected chi connectivity index (χ1v) is 10.1. The number of hydrogen-bond donors (Lipinski definition) is 0. The number of esters is 1. The van der Waals surface area contributed by atoms with Crippen LogP contribution >= 0.6 is 0 Å². The monoisotopic (exact) mass is 338 g/mol. The zero-order chi connectivity index (χ0) is 17.2. The Morgan fingerprint density at radius 2 is 1.83 bits per heavy atom. The maximum absolute atomic E-state index is 12.3. The Hall–Kier alpha value is -1.36. The normalized spacial score (nSPS) is 21.9. The van der Waals surface area contributed by atoms with Crippen LogP contribution in [0.2, 0.25) is 0 Å². The van der Waals surface area contributed by atoms with E-state index in [2.05, 4.69) is 6.92 Å². The second-order valence-corrected chi connectivity index (χ2v) is 8.61. The Bertz CT molecular complexity index is 683. The zero-order valence-corrected chi connectivity index (χ0v) is 15.2. The Kier molecular flexibility index (Phi) is 5.50. The van der Waals surface area contributed by atoms with E-state index in [0.29, 0.717) is 17.9 Å². The number of ether oxygens (including phenoxy) is 1. The summed E-state index contributed by atoms with van der Waals surface area (Å²) in [6.45, 7) is 4.21. The third-order valence-corrected chi connectivity index (χ3v) is 6.03. The highest BCUT2D eigenvalue weighted by Gasteiger charge is 2.27. The maximum atomic E-state index is 12.3. The molecule has 0 aliphatic heterocycles. The number of hydrogen-bond acceptors (Lipinski definition) is 4. The number of aryl methyl sites for hydroxylation is 1. The average molecular weight is 338 g/mol. The second-order valence-electron chi connectivity index (χ2n) is 6.62. The molecule has 0 amide bonds. The van der Waals surface area contributed by atoms with Crippen LogP contribution in [0.1, 0.15) is 66.9 Å². The molecule has 4 nitrogen and oxygen atoms in total. The molecule has 1 aromatic rings. The van der Waals surface area contributed by atoms with Crippen molar-refractivity contribution in [3.8, 4) is 0 Å². The molecule has 2 rings (SSSR count). The summed E-state index contributed by atoms with van der Waals surface area (Å²) in [5.41, 5.74) is 2.10. The maximum Gasteiger partial charge on any atom is 0.338 e. The molecular formula is C18H26O4S. The van der Waals surface area contributed by atoms with Crippen LogP contribution in [-0.2, 0) is 21.0 Å². The first-order valence-electron chi connectivity index (χ1n) is 8.23. The van der Waals surface area contributed by atoms with Gasteiger partial charge in [0.1, 0.15) is 0 Å². The number of benzene rings is 1. The van der Waals surface area contributed by atoms with Crippen molar-refractivity contribution in [2.24, 2.45) is 5.92 Å². The van der Waals surface area contributed by atoms with Gasteiger partial charge in [0.15, 0.2) is 9.84 Å². The Morgan fingerprint density at radius 1 is 1.22 bits per heavy atom. The minimum atomic E-state index is -3.39. The average Bonchev–Trinajstić information content (AvgIpc) is 2.52. The molecule has 0 atom stereocenters. The molecule has 5 heteroatoms. The summed E-state index contributed by atoms with van der Waals surface area (Å²) in [7, 11) is -2.08. The minimum Gasteiger partial charge on any atom is -0.465 e. The van der Waals surface area contributed by atoms with Crippen molar-refractivity contribution in [2.45, 2.75) is 56.8 Å². The van der Waals surface area contributed by atoms with Crippen LogP contribution in [0.15, 0.2) is 17.0 Å². The second kappa shape index (κ2) is 7.04. The topological polar surface area (TPSA) is 60.4 Å². The summed E-state index contributed by atoms with van der Waals surface area (Å²) < 4.78 is 29.4. The van der Waals surface area contributed by atoms with Crippen molar-refractivity contribution in [1.82, 2.24) is 0 Å². The number of methoxy groups -OCH3 is 1. The third kappa shape index (κ3) is 3.94. The molecule has 0 spiro atoms. The highest BCUT2D eigenvalue weighted by atomic mass is 32.2. The van der Waals surface area contributed by atoms with Crippen molar-refractivity contribution >= 4 is 15.8 Å². The molecule has 1 aromatic carbocycles. The highest BCUT2D eigenvalue weighted by molar-refractivity contribution is 7.90. The molecule has 1 fully saturated rings. The minimum absolute atomic E-state index is 0.257. The van der Waals surface area contributed by atoms with Crippen molar-refractivity contribution < 1.29 is 17.9 Å². The van der Waals surface area contributed by atoms with Crippen LogP contribution < -0.4 is 0 Å². The van der Waals surface area contributed by atoms with Crippen molar-refractivity contribution in [3.63, 3.8) is 0 Å². The summed E-state index contributed by atoms with van der Waals surface area (Å²) in [5, 5.41) is 0. The number of rotatable bonds is 4. The van der Waals surface area contributed by atoms with E-state index in [4.69, 9.17) is 4.74 Å². The molecule has 0 aromatic heterocycles. The quantitative estimate of drug-likeness (QED) is 0.785. The summed E-state index contributed by atoms with van der Waals surface area (Å²) in [4.78, 5) is 12.3. The first kappa shape index (κ1) is 18.0. The lowest BCUT2D eigenvalue weighted by Crippen LogP contribution is -2.16. The predicted molar refractivity (Wildman–Crippen MR) is 90.6 cm³/mol. The molecule has 0 N–H and O–H groups in total. The van der Waals surface area contributed by atoms with Gasteiger partial charge >= 0.3 is 5.97 Å². The van der Waals surface area contributed by atoms with Crippen LogP contribution in [0.4, 0.5) is 0 Å². The van der Waals surface area contributed by atoms with Crippen LogP contribution in [0.3, 0.4) is 0 Å². The van der Waals surface area contributed by atoms with Crippen LogP contribution in [0.25, 0.3) is 0 Å². The SMILES string of the molecule is CCc1cc(C2CCC(C)CC2)c(S(C)(=O)=O)cc1C(=O)OC.